The lowest BCUT2D eigenvalue weighted by molar-refractivity contribution is 0.164. The molecule has 33 heavy (non-hydrogen) atoms. The van der Waals surface area contributed by atoms with Gasteiger partial charge in [0, 0.05) is 0 Å². The Balaban J connectivity index is 1.27. The molecule has 3 aromatic carbocycles. The summed E-state index contributed by atoms with van der Waals surface area (Å²) in [6.07, 6.45) is 12.0. The third-order valence-corrected chi connectivity index (χ3v) is 6.69. The van der Waals surface area contributed by atoms with E-state index in [1.165, 1.54) is 67.3 Å². The van der Waals surface area contributed by atoms with E-state index >= 15 is 0 Å². The number of hydrogen-bond donors (Lipinski definition) is 0. The molecule has 0 saturated carbocycles. The highest BCUT2D eigenvalue weighted by atomic mass is 19.2. The van der Waals surface area contributed by atoms with Gasteiger partial charge in [-0.05, 0) is 84.5 Å². The zero-order valence-corrected chi connectivity index (χ0v) is 19.6. The van der Waals surface area contributed by atoms with E-state index in [0.29, 0.717) is 5.56 Å². The lowest BCUT2D eigenvalue weighted by Crippen LogP contribution is -2.23. The topological polar surface area (TPSA) is 9.23 Å². The van der Waals surface area contributed by atoms with Gasteiger partial charge >= 0.3 is 0 Å². The Morgan fingerprint density at radius 3 is 2.30 bits per heavy atom. The van der Waals surface area contributed by atoms with E-state index in [9.17, 15) is 8.78 Å². The molecule has 0 bridgehead atoms. The van der Waals surface area contributed by atoms with Crippen molar-refractivity contribution in [2.45, 2.75) is 77.2 Å². The van der Waals surface area contributed by atoms with Crippen LogP contribution in [0.5, 0.6) is 5.75 Å². The Hall–Kier alpha value is -2.68. The number of rotatable bonds is 10. The Morgan fingerprint density at radius 1 is 0.758 bits per heavy atom. The standard InChI is InChI=1S/C30H34F2O/c1-2-3-4-5-6-7-23-11-19-30-26(20-23)14-17-27(33-30)16-10-22-8-12-24(13-9-22)25-15-18-28(31)29(32)21-25/h8-9,11-13,15,18-21,27H,2-7,10,14,16-17H2,1H3. The van der Waals surface area contributed by atoms with Crippen molar-refractivity contribution in [2.24, 2.45) is 0 Å². The summed E-state index contributed by atoms with van der Waals surface area (Å²) in [7, 11) is 0. The Morgan fingerprint density at radius 2 is 1.52 bits per heavy atom. The van der Waals surface area contributed by atoms with Gasteiger partial charge in [-0.15, -0.1) is 0 Å². The normalized spacial score (nSPS) is 15.2. The zero-order valence-electron chi connectivity index (χ0n) is 19.6. The lowest BCUT2D eigenvalue weighted by Gasteiger charge is -2.26. The lowest BCUT2D eigenvalue weighted by atomic mass is 9.95. The second kappa shape index (κ2) is 11.4. The fraction of sp³-hybridized carbons (Fsp3) is 0.400. The van der Waals surface area contributed by atoms with Crippen LogP contribution in [0.3, 0.4) is 0 Å². The van der Waals surface area contributed by atoms with Crippen LogP contribution in [-0.2, 0) is 19.3 Å². The second-order valence-electron chi connectivity index (χ2n) is 9.25. The number of ether oxygens (including phenoxy) is 1. The summed E-state index contributed by atoms with van der Waals surface area (Å²) in [5.41, 5.74) is 5.60. The van der Waals surface area contributed by atoms with Gasteiger partial charge in [0.1, 0.15) is 5.75 Å². The molecular formula is C30H34F2O. The van der Waals surface area contributed by atoms with Crippen LogP contribution in [0.1, 0.15) is 68.6 Å². The van der Waals surface area contributed by atoms with Gasteiger partial charge in [-0.2, -0.15) is 0 Å². The van der Waals surface area contributed by atoms with E-state index in [2.05, 4.69) is 37.3 Å². The second-order valence-corrected chi connectivity index (χ2v) is 9.25. The first-order chi connectivity index (χ1) is 16.1. The van der Waals surface area contributed by atoms with Crippen LogP contribution in [0.2, 0.25) is 0 Å². The molecule has 0 radical (unpaired) electrons. The van der Waals surface area contributed by atoms with E-state index in [-0.39, 0.29) is 6.10 Å². The Kier molecular flexibility index (Phi) is 8.15. The van der Waals surface area contributed by atoms with Crippen LogP contribution in [0.4, 0.5) is 8.78 Å². The largest absolute Gasteiger partial charge is 0.490 e. The Labute approximate surface area is 196 Å². The number of aryl methyl sites for hydroxylation is 3. The molecular weight excluding hydrogens is 414 g/mol. The van der Waals surface area contributed by atoms with Crippen molar-refractivity contribution in [1.29, 1.82) is 0 Å². The highest BCUT2D eigenvalue weighted by molar-refractivity contribution is 5.63. The first-order valence-corrected chi connectivity index (χ1v) is 12.4. The average Bonchev–Trinajstić information content (AvgIpc) is 2.84. The molecule has 0 fully saturated rings. The highest BCUT2D eigenvalue weighted by Gasteiger charge is 2.20. The first kappa shape index (κ1) is 23.5. The molecule has 1 atom stereocenters. The molecule has 1 aliphatic heterocycles. The molecule has 3 heteroatoms. The fourth-order valence-electron chi connectivity index (χ4n) is 4.66. The van der Waals surface area contributed by atoms with Gasteiger partial charge in [0.25, 0.3) is 0 Å². The number of unbranched alkanes of at least 4 members (excludes halogenated alkanes) is 4. The smallest absolute Gasteiger partial charge is 0.159 e. The quantitative estimate of drug-likeness (QED) is 0.283. The molecule has 1 nitrogen and oxygen atoms in total. The number of halogens is 2. The predicted molar refractivity (Wildman–Crippen MR) is 132 cm³/mol. The van der Waals surface area contributed by atoms with Gasteiger partial charge in [0.15, 0.2) is 11.6 Å². The van der Waals surface area contributed by atoms with Crippen molar-refractivity contribution in [3.8, 4) is 16.9 Å². The van der Waals surface area contributed by atoms with E-state index in [1.807, 2.05) is 12.1 Å². The summed E-state index contributed by atoms with van der Waals surface area (Å²) >= 11 is 0. The van der Waals surface area contributed by atoms with Crippen LogP contribution < -0.4 is 4.74 Å². The van der Waals surface area contributed by atoms with Crippen LogP contribution >= 0.6 is 0 Å². The maximum Gasteiger partial charge on any atom is 0.159 e. The van der Waals surface area contributed by atoms with Crippen molar-refractivity contribution in [1.82, 2.24) is 0 Å². The monoisotopic (exact) mass is 448 g/mol. The van der Waals surface area contributed by atoms with Crippen molar-refractivity contribution < 1.29 is 13.5 Å². The number of benzene rings is 3. The van der Waals surface area contributed by atoms with Gasteiger partial charge in [0.2, 0.25) is 0 Å². The van der Waals surface area contributed by atoms with E-state index < -0.39 is 11.6 Å². The number of hydrogen-bond acceptors (Lipinski definition) is 1. The zero-order chi connectivity index (χ0) is 23.0. The molecule has 1 heterocycles. The summed E-state index contributed by atoms with van der Waals surface area (Å²) < 4.78 is 33.0. The van der Waals surface area contributed by atoms with Crippen LogP contribution in [-0.4, -0.2) is 6.10 Å². The van der Waals surface area contributed by atoms with Gasteiger partial charge in [-0.3, -0.25) is 0 Å². The minimum Gasteiger partial charge on any atom is -0.490 e. The molecule has 0 amide bonds. The van der Waals surface area contributed by atoms with Gasteiger partial charge in [0.05, 0.1) is 6.10 Å². The van der Waals surface area contributed by atoms with E-state index in [0.717, 1.165) is 37.0 Å². The summed E-state index contributed by atoms with van der Waals surface area (Å²) in [4.78, 5) is 0. The minimum atomic E-state index is -0.817. The highest BCUT2D eigenvalue weighted by Crippen LogP contribution is 2.31. The first-order valence-electron chi connectivity index (χ1n) is 12.4. The summed E-state index contributed by atoms with van der Waals surface area (Å²) in [5, 5.41) is 0. The van der Waals surface area contributed by atoms with E-state index in [4.69, 9.17) is 4.74 Å². The average molecular weight is 449 g/mol. The molecule has 0 saturated heterocycles. The van der Waals surface area contributed by atoms with Crippen LogP contribution in [0, 0.1) is 11.6 Å². The van der Waals surface area contributed by atoms with E-state index in [1.54, 1.807) is 6.07 Å². The fourth-order valence-corrected chi connectivity index (χ4v) is 4.66. The molecule has 0 N–H and O–H groups in total. The van der Waals surface area contributed by atoms with Crippen molar-refractivity contribution >= 4 is 0 Å². The van der Waals surface area contributed by atoms with Gasteiger partial charge < -0.3 is 4.74 Å². The van der Waals surface area contributed by atoms with Crippen LogP contribution in [0.25, 0.3) is 11.1 Å². The molecule has 0 aliphatic carbocycles. The van der Waals surface area contributed by atoms with Crippen molar-refractivity contribution in [2.75, 3.05) is 0 Å². The number of fused-ring (bicyclic) bond motifs is 1. The summed E-state index contributed by atoms with van der Waals surface area (Å²) in [5.74, 6) is -0.580. The Bertz CT molecular complexity index is 1040. The third-order valence-electron chi connectivity index (χ3n) is 6.69. The third kappa shape index (κ3) is 6.43. The minimum absolute atomic E-state index is 0.239. The maximum atomic E-state index is 13.5. The van der Waals surface area contributed by atoms with Crippen molar-refractivity contribution in [3.63, 3.8) is 0 Å². The molecule has 1 aliphatic rings. The van der Waals surface area contributed by atoms with Crippen LogP contribution in [0.15, 0.2) is 60.7 Å². The SMILES string of the molecule is CCCCCCCc1ccc2c(c1)CCC(CCc1ccc(-c3ccc(F)c(F)c3)cc1)O2. The molecule has 0 aromatic heterocycles. The maximum absolute atomic E-state index is 13.5. The van der Waals surface area contributed by atoms with Gasteiger partial charge in [-0.25, -0.2) is 8.78 Å². The molecule has 3 aromatic rings. The molecule has 0 spiro atoms. The summed E-state index contributed by atoms with van der Waals surface area (Å²) in [6, 6.07) is 18.9. The molecule has 1 unspecified atom stereocenters. The van der Waals surface area contributed by atoms with Gasteiger partial charge in [-0.1, -0.05) is 75.1 Å². The summed E-state index contributed by atoms with van der Waals surface area (Å²) in [6.45, 7) is 2.26. The van der Waals surface area contributed by atoms with Crippen molar-refractivity contribution in [3.05, 3.63) is 89.0 Å². The predicted octanol–water partition coefficient (Wildman–Crippen LogP) is 8.47. The molecule has 4 rings (SSSR count). The molecule has 174 valence electrons.